The molecule has 17 heavy (non-hydrogen) atoms. The first-order valence-electron chi connectivity index (χ1n) is 6.09. The summed E-state index contributed by atoms with van der Waals surface area (Å²) in [6, 6.07) is 6.13. The normalized spacial score (nSPS) is 21.7. The molecule has 0 saturated carbocycles. The van der Waals surface area contributed by atoms with Crippen molar-refractivity contribution in [1.29, 1.82) is 0 Å². The Bertz CT molecular complexity index is 361. The molecule has 0 bridgehead atoms. The van der Waals surface area contributed by atoms with Crippen LogP contribution in [0, 0.1) is 0 Å². The van der Waals surface area contributed by atoms with E-state index in [1.807, 2.05) is 18.2 Å². The maximum atomic E-state index is 6.20. The number of benzene rings is 1. The highest BCUT2D eigenvalue weighted by Crippen LogP contribution is 2.28. The van der Waals surface area contributed by atoms with Crippen molar-refractivity contribution >= 4 is 23.2 Å². The van der Waals surface area contributed by atoms with Gasteiger partial charge in [0.25, 0.3) is 0 Å². The van der Waals surface area contributed by atoms with Gasteiger partial charge < -0.3 is 5.73 Å². The first-order valence-corrected chi connectivity index (χ1v) is 6.85. The Morgan fingerprint density at radius 2 is 1.94 bits per heavy atom. The van der Waals surface area contributed by atoms with Gasteiger partial charge in [-0.2, -0.15) is 0 Å². The number of nitrogens with zero attached hydrogens (tertiary/aromatic N) is 1. The number of nitrogens with two attached hydrogens (primary N) is 1. The third-order valence-corrected chi connectivity index (χ3v) is 4.15. The second-order valence-corrected chi connectivity index (χ2v) is 5.37. The number of piperidine rings is 1. The molecule has 2 nitrogen and oxygen atoms in total. The number of hydrogen-bond acceptors (Lipinski definition) is 2. The summed E-state index contributed by atoms with van der Waals surface area (Å²) in [5.41, 5.74) is 6.84. The molecular formula is C13H18Cl2N2. The summed E-state index contributed by atoms with van der Waals surface area (Å²) >= 11 is 12.4. The fourth-order valence-electron chi connectivity index (χ4n) is 2.42. The molecule has 2 rings (SSSR count). The first-order chi connectivity index (χ1) is 8.22. The topological polar surface area (TPSA) is 29.3 Å². The standard InChI is InChI=1S/C13H18Cl2N2/c14-12-5-3-6-13(15)11(12)9-17-7-2-1-4-10(17)8-16/h3,5-6,10H,1-2,4,7-9,16H2. The average Bonchev–Trinajstić information content (AvgIpc) is 2.34. The lowest BCUT2D eigenvalue weighted by Crippen LogP contribution is -2.43. The maximum absolute atomic E-state index is 6.20. The van der Waals surface area contributed by atoms with Gasteiger partial charge in [0.2, 0.25) is 0 Å². The van der Waals surface area contributed by atoms with Gasteiger partial charge in [-0.15, -0.1) is 0 Å². The molecule has 1 unspecified atom stereocenters. The molecule has 1 atom stereocenters. The summed E-state index contributed by atoms with van der Waals surface area (Å²) in [7, 11) is 0. The van der Waals surface area contributed by atoms with Gasteiger partial charge in [0, 0.05) is 34.7 Å². The molecule has 1 heterocycles. The number of rotatable bonds is 3. The highest BCUT2D eigenvalue weighted by molar-refractivity contribution is 6.35. The monoisotopic (exact) mass is 272 g/mol. The minimum absolute atomic E-state index is 0.469. The minimum atomic E-state index is 0.469. The van der Waals surface area contributed by atoms with Crippen molar-refractivity contribution < 1.29 is 0 Å². The van der Waals surface area contributed by atoms with E-state index in [0.717, 1.165) is 28.7 Å². The molecule has 1 saturated heterocycles. The van der Waals surface area contributed by atoms with Gasteiger partial charge >= 0.3 is 0 Å². The largest absolute Gasteiger partial charge is 0.329 e. The van der Waals surface area contributed by atoms with E-state index in [-0.39, 0.29) is 0 Å². The van der Waals surface area contributed by atoms with E-state index in [4.69, 9.17) is 28.9 Å². The Labute approximate surface area is 113 Å². The van der Waals surface area contributed by atoms with Crippen molar-refractivity contribution in [2.75, 3.05) is 13.1 Å². The molecule has 1 aromatic carbocycles. The molecule has 1 aromatic rings. The molecule has 4 heteroatoms. The predicted molar refractivity (Wildman–Crippen MR) is 73.6 cm³/mol. The summed E-state index contributed by atoms with van der Waals surface area (Å²) in [5.74, 6) is 0. The molecule has 0 aromatic heterocycles. The van der Waals surface area contributed by atoms with Gasteiger partial charge in [-0.1, -0.05) is 35.7 Å². The van der Waals surface area contributed by atoms with E-state index >= 15 is 0 Å². The Balaban J connectivity index is 2.13. The van der Waals surface area contributed by atoms with Crippen LogP contribution in [0.4, 0.5) is 0 Å². The summed E-state index contributed by atoms with van der Waals surface area (Å²) in [6.07, 6.45) is 3.69. The molecule has 0 aliphatic carbocycles. The summed E-state index contributed by atoms with van der Waals surface area (Å²) < 4.78 is 0. The Morgan fingerprint density at radius 3 is 2.59 bits per heavy atom. The lowest BCUT2D eigenvalue weighted by molar-refractivity contribution is 0.145. The van der Waals surface area contributed by atoms with E-state index in [2.05, 4.69) is 4.90 Å². The highest BCUT2D eigenvalue weighted by atomic mass is 35.5. The van der Waals surface area contributed by atoms with Gasteiger partial charge in [0.15, 0.2) is 0 Å². The smallest absolute Gasteiger partial charge is 0.0465 e. The van der Waals surface area contributed by atoms with Gasteiger partial charge in [0.1, 0.15) is 0 Å². The zero-order valence-electron chi connectivity index (χ0n) is 9.83. The summed E-state index contributed by atoms with van der Waals surface area (Å²) in [6.45, 7) is 2.60. The molecule has 2 N–H and O–H groups in total. The Kier molecular flexibility index (Phi) is 4.69. The Hall–Kier alpha value is -0.280. The van der Waals surface area contributed by atoms with Gasteiger partial charge in [-0.3, -0.25) is 4.90 Å². The maximum Gasteiger partial charge on any atom is 0.0465 e. The van der Waals surface area contributed by atoms with Crippen LogP contribution in [0.3, 0.4) is 0 Å². The molecule has 1 aliphatic rings. The SMILES string of the molecule is NCC1CCCCN1Cc1c(Cl)cccc1Cl. The molecule has 94 valence electrons. The Morgan fingerprint density at radius 1 is 1.24 bits per heavy atom. The van der Waals surface area contributed by atoms with Crippen LogP contribution in [0.5, 0.6) is 0 Å². The quantitative estimate of drug-likeness (QED) is 0.915. The van der Waals surface area contributed by atoms with Crippen molar-refractivity contribution in [3.05, 3.63) is 33.8 Å². The zero-order valence-corrected chi connectivity index (χ0v) is 11.3. The van der Waals surface area contributed by atoms with Crippen LogP contribution in [-0.2, 0) is 6.54 Å². The highest BCUT2D eigenvalue weighted by Gasteiger charge is 2.22. The minimum Gasteiger partial charge on any atom is -0.329 e. The van der Waals surface area contributed by atoms with Crippen LogP contribution in [0.25, 0.3) is 0 Å². The number of hydrogen-bond donors (Lipinski definition) is 1. The van der Waals surface area contributed by atoms with Crippen molar-refractivity contribution in [3.63, 3.8) is 0 Å². The van der Waals surface area contributed by atoms with E-state index < -0.39 is 0 Å². The van der Waals surface area contributed by atoms with Crippen LogP contribution in [0.15, 0.2) is 18.2 Å². The average molecular weight is 273 g/mol. The van der Waals surface area contributed by atoms with Gasteiger partial charge in [-0.05, 0) is 31.5 Å². The van der Waals surface area contributed by atoms with Crippen LogP contribution in [0.1, 0.15) is 24.8 Å². The zero-order chi connectivity index (χ0) is 12.3. The van der Waals surface area contributed by atoms with Gasteiger partial charge in [-0.25, -0.2) is 0 Å². The van der Waals surface area contributed by atoms with Crippen LogP contribution in [-0.4, -0.2) is 24.0 Å². The van der Waals surface area contributed by atoms with Crippen LogP contribution >= 0.6 is 23.2 Å². The molecule has 0 spiro atoms. The van der Waals surface area contributed by atoms with Crippen LogP contribution < -0.4 is 5.73 Å². The van der Waals surface area contributed by atoms with Crippen LogP contribution in [0.2, 0.25) is 10.0 Å². The lowest BCUT2D eigenvalue weighted by Gasteiger charge is -2.35. The second kappa shape index (κ2) is 6.05. The van der Waals surface area contributed by atoms with Crippen molar-refractivity contribution in [3.8, 4) is 0 Å². The van der Waals surface area contributed by atoms with E-state index in [1.54, 1.807) is 0 Å². The molecule has 0 amide bonds. The number of likely N-dealkylation sites (tertiary alicyclic amines) is 1. The number of halogens is 2. The fourth-order valence-corrected chi connectivity index (χ4v) is 2.94. The van der Waals surface area contributed by atoms with E-state index in [0.29, 0.717) is 12.6 Å². The second-order valence-electron chi connectivity index (χ2n) is 4.56. The first kappa shape index (κ1) is 13.2. The fraction of sp³-hybridized carbons (Fsp3) is 0.538. The summed E-state index contributed by atoms with van der Waals surface area (Å²) in [4.78, 5) is 2.40. The third kappa shape index (κ3) is 3.14. The van der Waals surface area contributed by atoms with Gasteiger partial charge in [0.05, 0.1) is 0 Å². The molecule has 1 fully saturated rings. The van der Waals surface area contributed by atoms with Crippen molar-refractivity contribution in [1.82, 2.24) is 4.90 Å². The lowest BCUT2D eigenvalue weighted by atomic mass is 10.0. The molecule has 0 radical (unpaired) electrons. The van der Waals surface area contributed by atoms with Crippen molar-refractivity contribution in [2.24, 2.45) is 5.73 Å². The summed E-state index contributed by atoms with van der Waals surface area (Å²) in [5, 5.41) is 1.50. The van der Waals surface area contributed by atoms with Crippen molar-refractivity contribution in [2.45, 2.75) is 31.8 Å². The molecular weight excluding hydrogens is 255 g/mol. The molecule has 1 aliphatic heterocycles. The van der Waals surface area contributed by atoms with E-state index in [1.165, 1.54) is 19.3 Å². The van der Waals surface area contributed by atoms with E-state index in [9.17, 15) is 0 Å². The third-order valence-electron chi connectivity index (χ3n) is 3.44. The predicted octanol–water partition coefficient (Wildman–Crippen LogP) is 3.31.